The minimum absolute atomic E-state index is 0.554. The second kappa shape index (κ2) is 10.3. The highest BCUT2D eigenvalue weighted by Gasteiger charge is 2.22. The topological polar surface area (TPSA) is 56.7 Å². The molecule has 0 aliphatic rings. The number of rotatable bonds is 3. The largest absolute Gasteiger partial charge is 0.455 e. The van der Waals surface area contributed by atoms with Crippen molar-refractivity contribution >= 4 is 76.1 Å². The highest BCUT2D eigenvalue weighted by atomic mass is 16.3. The lowest BCUT2D eigenvalue weighted by Crippen LogP contribution is -2.06. The smallest absolute Gasteiger partial charge is 0.238 e. The molecule has 232 valence electrons. The van der Waals surface area contributed by atoms with Crippen LogP contribution in [0, 0.1) is 0 Å². The summed E-state index contributed by atoms with van der Waals surface area (Å²) in [5.74, 6) is 1.71. The summed E-state index contributed by atoms with van der Waals surface area (Å²) < 4.78 is 8.85. The van der Waals surface area contributed by atoms with Gasteiger partial charge in [0.1, 0.15) is 11.2 Å². The Morgan fingerprint density at radius 1 is 0.400 bits per heavy atom. The first-order chi connectivity index (χ1) is 24.8. The lowest BCUT2D eigenvalue weighted by atomic mass is 10.00. The van der Waals surface area contributed by atoms with Gasteiger partial charge in [0.25, 0.3) is 0 Å². The number of fused-ring (bicyclic) bond motifs is 12. The maximum absolute atomic E-state index is 6.65. The molecule has 0 bridgehead atoms. The van der Waals surface area contributed by atoms with Gasteiger partial charge in [-0.25, -0.2) is 4.98 Å². The van der Waals surface area contributed by atoms with Crippen molar-refractivity contribution in [2.75, 3.05) is 0 Å². The molecule has 8 aromatic carbocycles. The lowest BCUT2D eigenvalue weighted by Gasteiger charge is -2.11. The van der Waals surface area contributed by atoms with Crippen LogP contribution in [-0.2, 0) is 0 Å². The summed E-state index contributed by atoms with van der Waals surface area (Å²) >= 11 is 0. The fraction of sp³-hybridized carbons (Fsp3) is 0. The van der Waals surface area contributed by atoms with Gasteiger partial charge in [0, 0.05) is 27.1 Å². The zero-order valence-corrected chi connectivity index (χ0v) is 26.7. The van der Waals surface area contributed by atoms with E-state index < -0.39 is 0 Å². The van der Waals surface area contributed by atoms with E-state index in [1.54, 1.807) is 0 Å². The molecule has 0 aliphatic heterocycles. The quantitative estimate of drug-likeness (QED) is 0.193. The highest BCUT2D eigenvalue weighted by Crippen LogP contribution is 2.42. The average molecular weight is 639 g/mol. The van der Waals surface area contributed by atoms with Gasteiger partial charge in [0.05, 0.1) is 16.6 Å². The molecule has 11 rings (SSSR count). The van der Waals surface area contributed by atoms with Gasteiger partial charge < -0.3 is 4.42 Å². The van der Waals surface area contributed by atoms with E-state index in [1.165, 1.54) is 37.7 Å². The summed E-state index contributed by atoms with van der Waals surface area (Å²) in [6.07, 6.45) is 0. The molecule has 5 nitrogen and oxygen atoms in total. The minimum Gasteiger partial charge on any atom is -0.455 e. The van der Waals surface area contributed by atoms with Gasteiger partial charge in [-0.05, 0) is 56.6 Å². The SMILES string of the molecule is c1ccc(-c2nc(-c3cccc4c3oc3ccc5ccccc5c34)nc(-n3c4ccc5ccccc5c4c4c5ccccc5ccc43)n2)cc1. The number of para-hydroxylation sites is 1. The monoisotopic (exact) mass is 638 g/mol. The Morgan fingerprint density at radius 3 is 1.60 bits per heavy atom. The molecule has 11 aromatic rings. The third kappa shape index (κ3) is 3.86. The van der Waals surface area contributed by atoms with Crippen molar-refractivity contribution in [1.82, 2.24) is 19.5 Å². The third-order valence-corrected chi connectivity index (χ3v) is 10.0. The number of hydrogen-bond acceptors (Lipinski definition) is 4. The second-order valence-electron chi connectivity index (χ2n) is 12.8. The van der Waals surface area contributed by atoms with E-state index >= 15 is 0 Å². The van der Waals surface area contributed by atoms with Gasteiger partial charge in [0.2, 0.25) is 5.95 Å². The van der Waals surface area contributed by atoms with E-state index in [0.29, 0.717) is 17.6 Å². The first-order valence-corrected chi connectivity index (χ1v) is 16.8. The first-order valence-electron chi connectivity index (χ1n) is 16.8. The van der Waals surface area contributed by atoms with Crippen molar-refractivity contribution in [1.29, 1.82) is 0 Å². The molecule has 0 saturated carbocycles. The average Bonchev–Trinajstić information content (AvgIpc) is 3.75. The predicted molar refractivity (Wildman–Crippen MR) is 205 cm³/mol. The van der Waals surface area contributed by atoms with E-state index in [0.717, 1.165) is 49.5 Å². The van der Waals surface area contributed by atoms with Crippen molar-refractivity contribution < 1.29 is 4.42 Å². The molecular formula is C45H26N4O. The number of benzene rings is 8. The van der Waals surface area contributed by atoms with Crippen molar-refractivity contribution in [3.8, 4) is 28.7 Å². The normalized spacial score (nSPS) is 12.0. The van der Waals surface area contributed by atoms with Crippen LogP contribution in [0.4, 0.5) is 0 Å². The van der Waals surface area contributed by atoms with Gasteiger partial charge in [-0.1, -0.05) is 133 Å². The summed E-state index contributed by atoms with van der Waals surface area (Å²) in [5, 5.41) is 11.6. The summed E-state index contributed by atoms with van der Waals surface area (Å²) in [5.41, 5.74) is 5.41. The van der Waals surface area contributed by atoms with Crippen LogP contribution in [0.5, 0.6) is 0 Å². The van der Waals surface area contributed by atoms with Crippen molar-refractivity contribution in [2.24, 2.45) is 0 Å². The van der Waals surface area contributed by atoms with Crippen LogP contribution in [0.15, 0.2) is 162 Å². The maximum Gasteiger partial charge on any atom is 0.238 e. The summed E-state index contributed by atoms with van der Waals surface area (Å²) in [7, 11) is 0. The molecule has 0 fully saturated rings. The first kappa shape index (κ1) is 27.1. The van der Waals surface area contributed by atoms with Gasteiger partial charge in [-0.3, -0.25) is 4.57 Å². The van der Waals surface area contributed by atoms with E-state index in [2.05, 4.69) is 126 Å². The Hall–Kier alpha value is -6.85. The number of hydrogen-bond donors (Lipinski definition) is 0. The van der Waals surface area contributed by atoms with Crippen LogP contribution in [0.1, 0.15) is 0 Å². The molecule has 0 unspecified atom stereocenters. The van der Waals surface area contributed by atoms with Crippen molar-refractivity contribution in [3.63, 3.8) is 0 Å². The van der Waals surface area contributed by atoms with Crippen molar-refractivity contribution in [3.05, 3.63) is 158 Å². The third-order valence-electron chi connectivity index (χ3n) is 10.0. The number of furan rings is 1. The Kier molecular flexibility index (Phi) is 5.60. The van der Waals surface area contributed by atoms with Gasteiger partial charge in [-0.15, -0.1) is 0 Å². The fourth-order valence-electron chi connectivity index (χ4n) is 7.81. The van der Waals surface area contributed by atoms with Crippen LogP contribution in [0.25, 0.3) is 105 Å². The molecule has 5 heteroatoms. The molecule has 0 saturated heterocycles. The Bertz CT molecular complexity index is 3060. The fourth-order valence-corrected chi connectivity index (χ4v) is 7.81. The van der Waals surface area contributed by atoms with Crippen LogP contribution >= 0.6 is 0 Å². The summed E-state index contributed by atoms with van der Waals surface area (Å²) in [6.45, 7) is 0. The van der Waals surface area contributed by atoms with Crippen LogP contribution in [-0.4, -0.2) is 19.5 Å². The molecule has 0 spiro atoms. The predicted octanol–water partition coefficient (Wildman–Crippen LogP) is 11.7. The molecule has 0 radical (unpaired) electrons. The van der Waals surface area contributed by atoms with Gasteiger partial charge in [0.15, 0.2) is 11.6 Å². The highest BCUT2D eigenvalue weighted by molar-refractivity contribution is 6.28. The Balaban J connectivity index is 1.26. The summed E-state index contributed by atoms with van der Waals surface area (Å²) in [6, 6.07) is 55.0. The molecule has 3 heterocycles. The van der Waals surface area contributed by atoms with Crippen LogP contribution < -0.4 is 0 Å². The van der Waals surface area contributed by atoms with Gasteiger partial charge in [-0.2, -0.15) is 9.97 Å². The standard InChI is InChI=1S/C45H26N4O/c1-2-14-30(15-3-1)43-46-44(35-20-10-19-34-39-31-16-7-4-13-29(31)23-26-38(39)50-42(34)35)48-45(47-43)49-36-24-21-27-11-5-8-17-32(27)40(36)41-33-18-9-6-12-28(33)22-25-37(41)49/h1-26H. The Labute approximate surface area is 285 Å². The minimum atomic E-state index is 0.554. The molecule has 0 amide bonds. The van der Waals surface area contributed by atoms with E-state index in [4.69, 9.17) is 19.4 Å². The summed E-state index contributed by atoms with van der Waals surface area (Å²) in [4.78, 5) is 15.6. The zero-order valence-electron chi connectivity index (χ0n) is 26.7. The van der Waals surface area contributed by atoms with E-state index in [-0.39, 0.29) is 0 Å². The molecule has 0 atom stereocenters. The number of nitrogens with zero attached hydrogens (tertiary/aromatic N) is 4. The molecule has 0 aliphatic carbocycles. The zero-order chi connectivity index (χ0) is 32.8. The van der Waals surface area contributed by atoms with Crippen molar-refractivity contribution in [2.45, 2.75) is 0 Å². The maximum atomic E-state index is 6.65. The second-order valence-corrected chi connectivity index (χ2v) is 12.8. The Morgan fingerprint density at radius 2 is 0.940 bits per heavy atom. The molecule has 3 aromatic heterocycles. The lowest BCUT2D eigenvalue weighted by molar-refractivity contribution is 0.669. The van der Waals surface area contributed by atoms with Crippen LogP contribution in [0.2, 0.25) is 0 Å². The molecule has 50 heavy (non-hydrogen) atoms. The van der Waals surface area contributed by atoms with Gasteiger partial charge >= 0.3 is 0 Å². The molecular weight excluding hydrogens is 613 g/mol. The van der Waals surface area contributed by atoms with Crippen LogP contribution in [0.3, 0.4) is 0 Å². The van der Waals surface area contributed by atoms with E-state index in [1.807, 2.05) is 36.4 Å². The molecule has 0 N–H and O–H groups in total. The number of aromatic nitrogens is 4. The van der Waals surface area contributed by atoms with E-state index in [9.17, 15) is 0 Å².